The van der Waals surface area contributed by atoms with E-state index in [4.69, 9.17) is 0 Å². The molecule has 0 amide bonds. The van der Waals surface area contributed by atoms with Gasteiger partial charge in [-0.1, -0.05) is 31.6 Å². The van der Waals surface area contributed by atoms with Crippen molar-refractivity contribution in [3.8, 4) is 16.9 Å². The molecule has 4 rings (SSSR count). The van der Waals surface area contributed by atoms with E-state index in [1.54, 1.807) is 0 Å². The fourth-order valence-corrected chi connectivity index (χ4v) is 4.23. The Hall–Kier alpha value is -3.29. The van der Waals surface area contributed by atoms with E-state index >= 15 is 4.39 Å². The van der Waals surface area contributed by atoms with Crippen molar-refractivity contribution in [1.29, 1.82) is 0 Å². The molecule has 1 nitrogen and oxygen atoms in total. The Morgan fingerprint density at radius 2 is 1.44 bits per heavy atom. The number of benzene rings is 3. The summed E-state index contributed by atoms with van der Waals surface area (Å²) in [4.78, 5) is 0. The first-order chi connectivity index (χ1) is 16.1. The number of fused-ring (bicyclic) bond motifs is 1. The van der Waals surface area contributed by atoms with E-state index in [9.17, 15) is 26.3 Å². The van der Waals surface area contributed by atoms with Crippen LogP contribution in [0.25, 0.3) is 22.8 Å². The molecule has 0 aromatic heterocycles. The molecule has 0 fully saturated rings. The summed E-state index contributed by atoms with van der Waals surface area (Å²) in [5.41, 5.74) is 0.585. The molecular formula is C26H19F7O. The molecule has 0 saturated heterocycles. The van der Waals surface area contributed by atoms with Crippen LogP contribution in [-0.2, 0) is 12.8 Å². The van der Waals surface area contributed by atoms with Gasteiger partial charge in [-0.25, -0.2) is 17.6 Å². The summed E-state index contributed by atoms with van der Waals surface area (Å²) >= 11 is 0. The molecule has 178 valence electrons. The first-order valence-electron chi connectivity index (χ1n) is 10.6. The number of hydrogen-bond donors (Lipinski definition) is 0. The Kier molecular flexibility index (Phi) is 6.43. The molecule has 0 unspecified atom stereocenters. The summed E-state index contributed by atoms with van der Waals surface area (Å²) in [7, 11) is 0. The second kappa shape index (κ2) is 9.16. The first kappa shape index (κ1) is 23.9. The quantitative estimate of drug-likeness (QED) is 0.334. The first-order valence-corrected chi connectivity index (χ1v) is 10.6. The van der Waals surface area contributed by atoms with Crippen molar-refractivity contribution < 1.29 is 35.5 Å². The predicted octanol–water partition coefficient (Wildman–Crippen LogP) is 8.25. The van der Waals surface area contributed by atoms with Gasteiger partial charge in [-0.05, 0) is 77.4 Å². The molecule has 0 N–H and O–H groups in total. The standard InChI is InChI=1S/C26H19F7O/c1-2-3-14-10-20(27)23(21(28)11-14)16-6-9-19-17(12-16)13-22(29)24(25(19)30)15-4-7-18(8-5-15)34-26(31,32)33/h4-5,7-8,10-13H,2-3,6,9H2,1H3. The molecule has 8 heteroatoms. The van der Waals surface area contributed by atoms with Crippen LogP contribution in [0.4, 0.5) is 30.7 Å². The highest BCUT2D eigenvalue weighted by Crippen LogP contribution is 2.39. The summed E-state index contributed by atoms with van der Waals surface area (Å²) in [6.45, 7) is 1.90. The number of rotatable bonds is 5. The molecule has 0 spiro atoms. The normalized spacial score (nSPS) is 13.5. The molecule has 1 aliphatic rings. The lowest BCUT2D eigenvalue weighted by Gasteiger charge is -2.21. The van der Waals surface area contributed by atoms with Crippen LogP contribution in [0, 0.1) is 23.3 Å². The monoisotopic (exact) mass is 480 g/mol. The maximum Gasteiger partial charge on any atom is 0.573 e. The van der Waals surface area contributed by atoms with Crippen molar-refractivity contribution >= 4 is 11.6 Å². The minimum Gasteiger partial charge on any atom is -0.406 e. The Morgan fingerprint density at radius 1 is 0.824 bits per heavy atom. The van der Waals surface area contributed by atoms with Crippen molar-refractivity contribution in [2.24, 2.45) is 0 Å². The van der Waals surface area contributed by atoms with Gasteiger partial charge >= 0.3 is 6.36 Å². The highest BCUT2D eigenvalue weighted by Gasteiger charge is 2.31. The van der Waals surface area contributed by atoms with Gasteiger partial charge in [-0.15, -0.1) is 13.2 Å². The average molecular weight is 480 g/mol. The Bertz CT molecular complexity index is 1230. The van der Waals surface area contributed by atoms with Gasteiger partial charge in [0.25, 0.3) is 0 Å². The third-order valence-corrected chi connectivity index (χ3v) is 5.67. The molecule has 0 saturated carbocycles. The molecule has 3 aromatic rings. The average Bonchev–Trinajstić information content (AvgIpc) is 2.73. The van der Waals surface area contributed by atoms with Crippen LogP contribution in [0.2, 0.25) is 0 Å². The number of aryl methyl sites for hydroxylation is 1. The fraction of sp³-hybridized carbons (Fsp3) is 0.231. The number of allylic oxidation sites excluding steroid dienone is 1. The third kappa shape index (κ3) is 4.81. The number of alkyl halides is 3. The van der Waals surface area contributed by atoms with Gasteiger partial charge in [0.15, 0.2) is 0 Å². The van der Waals surface area contributed by atoms with Gasteiger partial charge in [-0.3, -0.25) is 0 Å². The van der Waals surface area contributed by atoms with Crippen LogP contribution >= 0.6 is 0 Å². The summed E-state index contributed by atoms with van der Waals surface area (Å²) in [5.74, 6) is -3.78. The highest BCUT2D eigenvalue weighted by atomic mass is 19.4. The van der Waals surface area contributed by atoms with E-state index in [0.717, 1.165) is 36.8 Å². The van der Waals surface area contributed by atoms with Gasteiger partial charge in [-0.2, -0.15) is 0 Å². The largest absolute Gasteiger partial charge is 0.573 e. The predicted molar refractivity (Wildman–Crippen MR) is 115 cm³/mol. The van der Waals surface area contributed by atoms with Gasteiger partial charge < -0.3 is 4.74 Å². The van der Waals surface area contributed by atoms with Crippen molar-refractivity contribution in [2.75, 3.05) is 0 Å². The lowest BCUT2D eigenvalue weighted by Crippen LogP contribution is -2.17. The van der Waals surface area contributed by atoms with Crippen molar-refractivity contribution in [3.05, 3.63) is 88.0 Å². The van der Waals surface area contributed by atoms with Gasteiger partial charge in [0.05, 0.1) is 5.56 Å². The molecule has 0 heterocycles. The Labute approximate surface area is 191 Å². The van der Waals surface area contributed by atoms with Gasteiger partial charge in [0.1, 0.15) is 29.0 Å². The van der Waals surface area contributed by atoms with E-state index in [1.807, 2.05) is 6.92 Å². The fourth-order valence-electron chi connectivity index (χ4n) is 4.23. The lowest BCUT2D eigenvalue weighted by molar-refractivity contribution is -0.274. The highest BCUT2D eigenvalue weighted by molar-refractivity contribution is 5.86. The number of ether oxygens (including phenoxy) is 1. The minimum absolute atomic E-state index is 0.0331. The molecule has 3 aromatic carbocycles. The van der Waals surface area contributed by atoms with E-state index in [2.05, 4.69) is 4.74 Å². The summed E-state index contributed by atoms with van der Waals surface area (Å²) in [5, 5.41) is 0. The van der Waals surface area contributed by atoms with Crippen molar-refractivity contribution in [3.63, 3.8) is 0 Å². The van der Waals surface area contributed by atoms with E-state index in [0.29, 0.717) is 17.6 Å². The zero-order valence-corrected chi connectivity index (χ0v) is 18.0. The molecule has 0 atom stereocenters. The number of hydrogen-bond acceptors (Lipinski definition) is 1. The smallest absolute Gasteiger partial charge is 0.406 e. The SMILES string of the molecule is CCCc1cc(F)c(C2=Cc3cc(F)c(-c4ccc(OC(F)(F)F)cc4)c(F)c3CC2)c(F)c1. The zero-order chi connectivity index (χ0) is 24.6. The molecule has 1 aliphatic carbocycles. The topological polar surface area (TPSA) is 9.23 Å². The second-order valence-corrected chi connectivity index (χ2v) is 8.04. The molecule has 0 aliphatic heterocycles. The minimum atomic E-state index is -4.89. The Morgan fingerprint density at radius 3 is 2.03 bits per heavy atom. The molecular weight excluding hydrogens is 461 g/mol. The maximum atomic E-state index is 15.3. The van der Waals surface area contributed by atoms with Gasteiger partial charge in [0.2, 0.25) is 0 Å². The molecule has 34 heavy (non-hydrogen) atoms. The van der Waals surface area contributed by atoms with E-state index in [-0.39, 0.29) is 35.1 Å². The molecule has 0 bridgehead atoms. The van der Waals surface area contributed by atoms with Crippen LogP contribution in [0.1, 0.15) is 42.0 Å². The van der Waals surface area contributed by atoms with E-state index < -0.39 is 40.9 Å². The second-order valence-electron chi connectivity index (χ2n) is 8.04. The number of halogens is 7. The summed E-state index contributed by atoms with van der Waals surface area (Å²) < 4.78 is 100. The van der Waals surface area contributed by atoms with E-state index in [1.165, 1.54) is 18.2 Å². The maximum absolute atomic E-state index is 15.3. The van der Waals surface area contributed by atoms with Crippen LogP contribution in [0.5, 0.6) is 5.75 Å². The van der Waals surface area contributed by atoms with Crippen LogP contribution in [0.3, 0.4) is 0 Å². The summed E-state index contributed by atoms with van der Waals surface area (Å²) in [6.07, 6.45) is -2.05. The van der Waals surface area contributed by atoms with Crippen LogP contribution in [-0.4, -0.2) is 6.36 Å². The lowest BCUT2D eigenvalue weighted by atomic mass is 9.85. The van der Waals surface area contributed by atoms with Crippen LogP contribution < -0.4 is 4.74 Å². The van der Waals surface area contributed by atoms with Crippen molar-refractivity contribution in [2.45, 2.75) is 39.0 Å². The summed E-state index contributed by atoms with van der Waals surface area (Å²) in [6, 6.07) is 7.79. The van der Waals surface area contributed by atoms with Gasteiger partial charge in [0, 0.05) is 5.56 Å². The zero-order valence-electron chi connectivity index (χ0n) is 18.0. The van der Waals surface area contributed by atoms with Crippen molar-refractivity contribution in [1.82, 2.24) is 0 Å². The van der Waals surface area contributed by atoms with Crippen LogP contribution in [0.15, 0.2) is 42.5 Å². The third-order valence-electron chi connectivity index (χ3n) is 5.67. The molecule has 0 radical (unpaired) electrons. The Balaban J connectivity index is 1.71.